The summed E-state index contributed by atoms with van der Waals surface area (Å²) in [5.41, 5.74) is 12.3. The van der Waals surface area contributed by atoms with Gasteiger partial charge in [0.1, 0.15) is 33.9 Å². The summed E-state index contributed by atoms with van der Waals surface area (Å²) in [5, 5.41) is 45.0. The second-order valence-corrected chi connectivity index (χ2v) is 35.3. The number of fused-ring (bicyclic) bond motifs is 9. The predicted molar refractivity (Wildman–Crippen MR) is 473 cm³/mol. The zero-order valence-corrected chi connectivity index (χ0v) is 74.1. The Labute approximate surface area is 747 Å². The molecule has 3 aromatic heterocycles. The van der Waals surface area contributed by atoms with Gasteiger partial charge in [0, 0.05) is 92.1 Å². The molecule has 18 rings (SSSR count). The van der Waals surface area contributed by atoms with Crippen LogP contribution in [0.15, 0.2) is 142 Å². The molecule has 123 heavy (non-hydrogen) atoms. The van der Waals surface area contributed by atoms with Crippen molar-refractivity contribution in [2.24, 2.45) is 5.73 Å². The molecular formula is C95H121ClFN12NaO13. The van der Waals surface area contributed by atoms with E-state index in [2.05, 4.69) is 41.5 Å². The van der Waals surface area contributed by atoms with Gasteiger partial charge in [-0.05, 0) is 205 Å². The number of piperidine rings is 3. The van der Waals surface area contributed by atoms with Crippen molar-refractivity contribution in [3.63, 3.8) is 0 Å². The number of phenolic OH excluding ortho intramolecular Hbond substituents is 2. The monoisotopic (exact) mass is 1720 g/mol. The van der Waals surface area contributed by atoms with Gasteiger partial charge in [0.25, 0.3) is 18.1 Å². The number of aromatic hydroxyl groups is 3. The maximum atomic E-state index is 14.0. The number of nitrogens with one attached hydrogen (secondary N) is 2. The number of benzene rings is 6. The Hall–Kier alpha value is -8.83. The summed E-state index contributed by atoms with van der Waals surface area (Å²) in [6, 6.07) is 43.5. The van der Waals surface area contributed by atoms with Crippen LogP contribution in [0.25, 0.3) is 33.1 Å². The zero-order valence-electron chi connectivity index (χ0n) is 72.4. The van der Waals surface area contributed by atoms with Crippen LogP contribution >= 0.6 is 11.6 Å². The number of methoxy groups -OCH3 is 2. The molecule has 9 fully saturated rings. The number of nitrogens with two attached hydrogens (primary N) is 1. The van der Waals surface area contributed by atoms with Crippen molar-refractivity contribution < 1.29 is 84.0 Å². The molecule has 0 amide bonds. The van der Waals surface area contributed by atoms with Crippen LogP contribution in [0, 0.1) is 0 Å². The average molecular weight is 1720 g/mol. The number of ether oxygens (including phenoxy) is 2. The van der Waals surface area contributed by atoms with Gasteiger partial charge >= 0.3 is 47.5 Å². The SMILES string of the molecule is COC(=O)c1cc(CN)ccc1O.COC(=O)c1cc(CNc2nc3ccccc3n(C3C[C@H]4CC[C@@H](C3)N4C3CCCCCCC3)c2=O)ccc1O.O=C(O)c1cc(CNc2nc3ccccc3n(C3C[C@H]4CC[C@@H](C3)N4C3CCCCCCC3)c2=O)ccc1O.O=c1c(Cl)nc2ccccc2n1C1C[C@H]2CC[C@@H](C1)N2C1CCCCCCC1.[3H]F.[Na+].[OH-]. The van der Waals surface area contributed by atoms with E-state index in [-0.39, 0.29) is 128 Å². The quantitative estimate of drug-likeness (QED) is 0.0349. The number of carbonyl (C=O) groups is 3. The normalized spacial score (nSPS) is 23.4. The van der Waals surface area contributed by atoms with E-state index in [9.17, 15) is 49.2 Å². The maximum Gasteiger partial charge on any atom is 1.00 e. The molecule has 9 atom stereocenters. The number of halogens is 2. The fraction of sp³-hybridized carbons (Fsp3) is 0.526. The number of carbonyl (C=O) groups excluding carboxylic acids is 2. The standard InChI is InChI=1S/C32H40N4O4.C31H38N4O4.C23H30ClN3O.C9H11NO3.FH.Na.H2O/c1-40-32(39)26-17-21(13-16-29(26)37)20-33-30-31(38)36(28-12-8-7-11-27(28)34-30)25-18-23-14-15-24(19-25)35(23)22-9-5-3-2-4-6-10-22;36-28-15-12-20(16-25(28)31(38)39)19-32-29-30(37)35(27-11-7-6-10-26(27)33-29)24-17-22-13-14-23(18-24)34(22)21-8-4-2-1-3-5-9-21;24-22-23(28)27(21-11-7-6-10-20(21)25-22)19-14-17-12-13-18(15-19)26(17)16-8-4-2-1-3-5-9-16;1-13-9(12)7-4-6(5-10)2-3-8(7)11;;;/h7-8,11-13,16-17,22-25,37H,2-6,9-10,14-15,18-20H2,1H3,(H,33,34);6-7,10-12,15-16,21-24,36H,1-5,8-9,13-14,17-19H2,(H,32,33)(H,38,39);6-7,10-11,16-19H,1-5,8-9,12-15H2;2-4,11H,5,10H2,1H3;1H;;1H2/q;;;;;+1;/p-1/t23-,24+,25?;22-,23+,24?;17-,18+,19?;;;;/i/hT. The van der Waals surface area contributed by atoms with Gasteiger partial charge in [-0.15, -0.1) is 0 Å². The Morgan fingerprint density at radius 1 is 0.415 bits per heavy atom. The van der Waals surface area contributed by atoms with Gasteiger partial charge in [-0.3, -0.25) is 33.8 Å². The van der Waals surface area contributed by atoms with E-state index < -0.39 is 17.9 Å². The molecule has 9 aliphatic rings. The Bertz CT molecular complexity index is 5270. The first-order valence-electron chi connectivity index (χ1n) is 44.9. The number of aromatic carboxylic acids is 1. The van der Waals surface area contributed by atoms with Crippen molar-refractivity contribution in [1.82, 2.24) is 43.4 Å². The molecule has 3 unspecified atom stereocenters. The van der Waals surface area contributed by atoms with Crippen LogP contribution < -0.4 is 62.6 Å². The van der Waals surface area contributed by atoms with E-state index in [0.717, 1.165) is 88.8 Å². The molecule has 28 heteroatoms. The molecule has 0 radical (unpaired) electrons. The first kappa shape index (κ1) is 91.9. The molecule has 9 N–H and O–H groups in total. The number of nitrogens with zero attached hydrogens (tertiary/aromatic N) is 9. The van der Waals surface area contributed by atoms with Gasteiger partial charge in [0.15, 0.2) is 16.8 Å². The van der Waals surface area contributed by atoms with Gasteiger partial charge in [0.05, 0.1) is 47.3 Å². The van der Waals surface area contributed by atoms with E-state index in [4.69, 9.17) is 31.8 Å². The van der Waals surface area contributed by atoms with E-state index in [1.54, 1.807) is 24.3 Å². The fourth-order valence-electron chi connectivity index (χ4n) is 22.1. The molecule has 6 bridgehead atoms. The molecule has 3 saturated carbocycles. The number of carboxylic acid groups (broad SMARTS) is 1. The number of para-hydroxylation sites is 6. The summed E-state index contributed by atoms with van der Waals surface area (Å²) < 4.78 is 28.2. The topological polar surface area (TPSA) is 345 Å². The Morgan fingerprint density at radius 3 is 1.02 bits per heavy atom. The molecule has 25 nitrogen and oxygen atoms in total. The Morgan fingerprint density at radius 2 is 0.699 bits per heavy atom. The number of hydrogen-bond donors (Lipinski definition) is 7. The third-order valence-electron chi connectivity index (χ3n) is 27.6. The van der Waals surface area contributed by atoms with E-state index in [1.807, 2.05) is 86.5 Å². The Kier molecular flexibility index (Phi) is 32.4. The molecular weight excluding hydrogens is 1590 g/mol. The maximum absolute atomic E-state index is 14.0. The molecule has 654 valence electrons. The number of esters is 2. The van der Waals surface area contributed by atoms with Crippen LogP contribution in [0.3, 0.4) is 0 Å². The van der Waals surface area contributed by atoms with Crippen LogP contribution in [0.1, 0.15) is 278 Å². The first-order valence-corrected chi connectivity index (χ1v) is 44.9. The van der Waals surface area contributed by atoms with Gasteiger partial charge < -0.3 is 65.4 Å². The summed E-state index contributed by atoms with van der Waals surface area (Å²) in [6.45, 7) is 0.840. The number of anilines is 2. The predicted octanol–water partition coefficient (Wildman–Crippen LogP) is 14.4. The number of carboxylic acids is 1. The molecule has 6 saturated heterocycles. The van der Waals surface area contributed by atoms with E-state index in [1.165, 1.54) is 218 Å². The van der Waals surface area contributed by atoms with Crippen LogP contribution in [-0.4, -0.2) is 157 Å². The van der Waals surface area contributed by atoms with Crippen LogP contribution in [0.4, 0.5) is 16.4 Å². The van der Waals surface area contributed by atoms with Crippen molar-refractivity contribution in [1.29, 1.82) is 1.45 Å². The summed E-state index contributed by atoms with van der Waals surface area (Å²) in [6.07, 6.45) is 42.1. The summed E-state index contributed by atoms with van der Waals surface area (Å²) in [4.78, 5) is 97.6. The van der Waals surface area contributed by atoms with Crippen molar-refractivity contribution in [2.75, 3.05) is 24.9 Å². The van der Waals surface area contributed by atoms with Crippen LogP contribution in [0.5, 0.6) is 17.2 Å². The van der Waals surface area contributed by atoms with Crippen molar-refractivity contribution in [3.8, 4) is 17.2 Å². The summed E-state index contributed by atoms with van der Waals surface area (Å²) >= 11 is 6.23. The third kappa shape index (κ3) is 21.3. The molecule has 3 aliphatic carbocycles. The molecule has 9 heterocycles. The largest absolute Gasteiger partial charge is 1.00 e. The second kappa shape index (κ2) is 43.4. The first-order chi connectivity index (χ1) is 59.4. The van der Waals surface area contributed by atoms with E-state index >= 15 is 0 Å². The number of hydrogen-bond acceptors (Lipinski definition) is 21. The summed E-state index contributed by atoms with van der Waals surface area (Å²) in [5.74, 6) is -2.29. The third-order valence-corrected chi connectivity index (χ3v) is 27.8. The number of aromatic nitrogens is 6. The second-order valence-electron chi connectivity index (χ2n) is 34.9. The number of phenols is 3. The number of rotatable bonds is 16. The minimum Gasteiger partial charge on any atom is -0.870 e. The van der Waals surface area contributed by atoms with Crippen molar-refractivity contribution in [3.05, 3.63) is 197 Å². The van der Waals surface area contributed by atoms with Crippen LogP contribution in [0.2, 0.25) is 5.15 Å². The molecule has 0 spiro atoms. The van der Waals surface area contributed by atoms with Crippen molar-refractivity contribution in [2.45, 2.75) is 304 Å². The van der Waals surface area contributed by atoms with Gasteiger partial charge in [-0.1, -0.05) is 163 Å². The van der Waals surface area contributed by atoms with Gasteiger partial charge in [-0.2, -0.15) is 0 Å². The van der Waals surface area contributed by atoms with Gasteiger partial charge in [0.2, 0.25) is 0 Å². The molecule has 6 aliphatic heterocycles. The van der Waals surface area contributed by atoms with E-state index in [0.29, 0.717) is 66.3 Å². The zero-order chi connectivity index (χ0) is 85.5. The minimum absolute atomic E-state index is 0. The minimum atomic E-state index is -1.19. The van der Waals surface area contributed by atoms with Gasteiger partial charge in [-0.25, -0.2) is 29.3 Å². The van der Waals surface area contributed by atoms with Crippen molar-refractivity contribution >= 4 is 74.2 Å². The smallest absolute Gasteiger partial charge is 0.870 e. The fourth-order valence-corrected chi connectivity index (χ4v) is 22.3. The summed E-state index contributed by atoms with van der Waals surface area (Å²) in [7, 11) is 2.54. The van der Waals surface area contributed by atoms with Crippen LogP contribution in [-0.2, 0) is 29.1 Å². The average Bonchev–Trinajstić information content (AvgIpc) is 1.49. The molecule has 6 aromatic carbocycles. The Balaban J connectivity index is 0.000000157. The molecule has 9 aromatic rings.